The Morgan fingerprint density at radius 3 is 3.05 bits per heavy atom. The number of esters is 1. The molecule has 1 aromatic heterocycles. The van der Waals surface area contributed by atoms with E-state index in [0.717, 1.165) is 44.7 Å². The van der Waals surface area contributed by atoms with Gasteiger partial charge < -0.3 is 15.0 Å². The van der Waals surface area contributed by atoms with Crippen molar-refractivity contribution in [2.75, 3.05) is 31.6 Å². The fraction of sp³-hybridized carbons (Fsp3) is 0.643. The van der Waals surface area contributed by atoms with Gasteiger partial charge in [-0.2, -0.15) is 0 Å². The SMILES string of the molecule is CCCN(c1cncc(C(=O)OC)n1)C1CCCNC1. The largest absolute Gasteiger partial charge is 0.464 e. The van der Waals surface area contributed by atoms with Gasteiger partial charge in [-0.3, -0.25) is 4.98 Å². The Bertz CT molecular complexity index is 447. The number of carbonyl (C=O) groups is 1. The van der Waals surface area contributed by atoms with Crippen molar-refractivity contribution in [3.05, 3.63) is 18.1 Å². The van der Waals surface area contributed by atoms with Crippen molar-refractivity contribution >= 4 is 11.8 Å². The maximum absolute atomic E-state index is 11.6. The fourth-order valence-electron chi connectivity index (χ4n) is 2.52. The molecule has 1 N–H and O–H groups in total. The minimum atomic E-state index is -0.447. The fourth-order valence-corrected chi connectivity index (χ4v) is 2.52. The van der Waals surface area contributed by atoms with Gasteiger partial charge in [-0.05, 0) is 25.8 Å². The van der Waals surface area contributed by atoms with E-state index in [9.17, 15) is 4.79 Å². The van der Waals surface area contributed by atoms with E-state index in [4.69, 9.17) is 4.74 Å². The van der Waals surface area contributed by atoms with Crippen LogP contribution in [0.2, 0.25) is 0 Å². The van der Waals surface area contributed by atoms with Crippen molar-refractivity contribution < 1.29 is 9.53 Å². The molecule has 0 amide bonds. The van der Waals surface area contributed by atoms with Crippen molar-refractivity contribution in [3.8, 4) is 0 Å². The number of nitrogens with zero attached hydrogens (tertiary/aromatic N) is 3. The maximum atomic E-state index is 11.6. The molecule has 6 nitrogen and oxygen atoms in total. The quantitative estimate of drug-likeness (QED) is 0.817. The Morgan fingerprint density at radius 2 is 2.40 bits per heavy atom. The van der Waals surface area contributed by atoms with Gasteiger partial charge in [-0.1, -0.05) is 6.92 Å². The predicted molar refractivity (Wildman–Crippen MR) is 76.9 cm³/mol. The van der Waals surface area contributed by atoms with Crippen LogP contribution in [0.15, 0.2) is 12.4 Å². The van der Waals surface area contributed by atoms with Gasteiger partial charge in [0, 0.05) is 19.1 Å². The summed E-state index contributed by atoms with van der Waals surface area (Å²) in [5.74, 6) is 0.306. The molecular formula is C14H22N4O2. The van der Waals surface area contributed by atoms with Gasteiger partial charge in [0.05, 0.1) is 19.5 Å². The van der Waals surface area contributed by atoms with Crippen LogP contribution in [-0.2, 0) is 4.74 Å². The summed E-state index contributed by atoms with van der Waals surface area (Å²) >= 11 is 0. The van der Waals surface area contributed by atoms with Crippen molar-refractivity contribution in [2.24, 2.45) is 0 Å². The van der Waals surface area contributed by atoms with E-state index >= 15 is 0 Å². The minimum Gasteiger partial charge on any atom is -0.464 e. The predicted octanol–water partition coefficient (Wildman–Crippen LogP) is 1.23. The van der Waals surface area contributed by atoms with Crippen LogP contribution in [0.5, 0.6) is 0 Å². The highest BCUT2D eigenvalue weighted by atomic mass is 16.5. The highest BCUT2D eigenvalue weighted by Gasteiger charge is 2.22. The van der Waals surface area contributed by atoms with Gasteiger partial charge in [0.2, 0.25) is 0 Å². The van der Waals surface area contributed by atoms with Gasteiger partial charge in [0.15, 0.2) is 5.69 Å². The number of rotatable bonds is 5. The average molecular weight is 278 g/mol. The van der Waals surface area contributed by atoms with Crippen molar-refractivity contribution in [3.63, 3.8) is 0 Å². The van der Waals surface area contributed by atoms with Gasteiger partial charge in [0.1, 0.15) is 5.82 Å². The molecule has 0 aliphatic carbocycles. The molecule has 1 fully saturated rings. The highest BCUT2D eigenvalue weighted by molar-refractivity contribution is 5.87. The summed E-state index contributed by atoms with van der Waals surface area (Å²) in [7, 11) is 1.35. The van der Waals surface area contributed by atoms with Gasteiger partial charge in [-0.25, -0.2) is 9.78 Å². The third-order valence-corrected chi connectivity index (χ3v) is 3.49. The molecule has 1 aromatic rings. The minimum absolute atomic E-state index is 0.259. The zero-order valence-corrected chi connectivity index (χ0v) is 12.1. The standard InChI is InChI=1S/C14H22N4O2/c1-3-7-18(11-5-4-6-15-8-11)13-10-16-9-12(17-13)14(19)20-2/h9-11,15H,3-8H2,1-2H3. The molecule has 0 aromatic carbocycles. The summed E-state index contributed by atoms with van der Waals surface area (Å²) in [6.45, 7) is 5.07. The first kappa shape index (κ1) is 14.7. The van der Waals surface area contributed by atoms with Crippen molar-refractivity contribution in [2.45, 2.75) is 32.2 Å². The van der Waals surface area contributed by atoms with Crippen LogP contribution in [0.25, 0.3) is 0 Å². The van der Waals surface area contributed by atoms with E-state index in [-0.39, 0.29) is 5.69 Å². The zero-order valence-electron chi connectivity index (χ0n) is 12.1. The smallest absolute Gasteiger partial charge is 0.358 e. The summed E-state index contributed by atoms with van der Waals surface area (Å²) in [6, 6.07) is 0.408. The molecule has 1 aliphatic rings. The number of hydrogen-bond donors (Lipinski definition) is 1. The summed E-state index contributed by atoms with van der Waals surface area (Å²) in [4.78, 5) is 22.3. The highest BCUT2D eigenvalue weighted by Crippen LogP contribution is 2.18. The van der Waals surface area contributed by atoms with Crippen LogP contribution in [0.4, 0.5) is 5.82 Å². The number of nitrogens with one attached hydrogen (secondary N) is 1. The van der Waals surface area contributed by atoms with E-state index < -0.39 is 5.97 Å². The van der Waals surface area contributed by atoms with Crippen LogP contribution in [0, 0.1) is 0 Å². The number of methoxy groups -OCH3 is 1. The lowest BCUT2D eigenvalue weighted by molar-refractivity contribution is 0.0593. The third kappa shape index (κ3) is 3.45. The van der Waals surface area contributed by atoms with Gasteiger partial charge in [0.25, 0.3) is 0 Å². The molecule has 2 heterocycles. The average Bonchev–Trinajstić information content (AvgIpc) is 2.52. The van der Waals surface area contributed by atoms with Crippen LogP contribution >= 0.6 is 0 Å². The van der Waals surface area contributed by atoms with Crippen molar-refractivity contribution in [1.82, 2.24) is 15.3 Å². The molecule has 1 saturated heterocycles. The molecule has 1 atom stereocenters. The molecule has 0 bridgehead atoms. The molecule has 2 rings (SSSR count). The van der Waals surface area contributed by atoms with Crippen LogP contribution in [-0.4, -0.2) is 48.7 Å². The lowest BCUT2D eigenvalue weighted by Crippen LogP contribution is -2.47. The van der Waals surface area contributed by atoms with Gasteiger partial charge >= 0.3 is 5.97 Å². The number of hydrogen-bond acceptors (Lipinski definition) is 6. The van der Waals surface area contributed by atoms with E-state index in [2.05, 4.69) is 27.1 Å². The maximum Gasteiger partial charge on any atom is 0.358 e. The second-order valence-corrected chi connectivity index (χ2v) is 4.95. The van der Waals surface area contributed by atoms with E-state index in [1.165, 1.54) is 13.3 Å². The first-order chi connectivity index (χ1) is 9.76. The second kappa shape index (κ2) is 7.19. The first-order valence-electron chi connectivity index (χ1n) is 7.14. The Balaban J connectivity index is 2.21. The molecule has 110 valence electrons. The topological polar surface area (TPSA) is 67.4 Å². The molecule has 1 unspecified atom stereocenters. The molecular weight excluding hydrogens is 256 g/mol. The third-order valence-electron chi connectivity index (χ3n) is 3.49. The summed E-state index contributed by atoms with van der Waals surface area (Å²) < 4.78 is 4.70. The zero-order chi connectivity index (χ0) is 14.4. The molecule has 0 spiro atoms. The van der Waals surface area contributed by atoms with Gasteiger partial charge in [-0.15, -0.1) is 0 Å². The Labute approximate surface area is 119 Å². The van der Waals surface area contributed by atoms with E-state index in [0.29, 0.717) is 6.04 Å². The monoisotopic (exact) mass is 278 g/mol. The number of piperidine rings is 1. The van der Waals surface area contributed by atoms with Crippen LogP contribution < -0.4 is 10.2 Å². The Morgan fingerprint density at radius 1 is 1.55 bits per heavy atom. The lowest BCUT2D eigenvalue weighted by Gasteiger charge is -2.35. The Kier molecular flexibility index (Phi) is 5.29. The molecule has 1 aliphatic heterocycles. The summed E-state index contributed by atoms with van der Waals surface area (Å²) in [6.07, 6.45) is 6.49. The van der Waals surface area contributed by atoms with Crippen LogP contribution in [0.1, 0.15) is 36.7 Å². The molecule has 0 saturated carbocycles. The summed E-state index contributed by atoms with van der Waals surface area (Å²) in [5.41, 5.74) is 0.259. The van der Waals surface area contributed by atoms with E-state index in [1.807, 2.05) is 0 Å². The lowest BCUT2D eigenvalue weighted by atomic mass is 10.1. The first-order valence-corrected chi connectivity index (χ1v) is 7.14. The second-order valence-electron chi connectivity index (χ2n) is 4.95. The number of carbonyl (C=O) groups excluding carboxylic acids is 1. The molecule has 20 heavy (non-hydrogen) atoms. The molecule has 0 radical (unpaired) electrons. The van der Waals surface area contributed by atoms with Crippen molar-refractivity contribution in [1.29, 1.82) is 0 Å². The summed E-state index contributed by atoms with van der Waals surface area (Å²) in [5, 5.41) is 3.41. The Hall–Kier alpha value is -1.69. The number of aromatic nitrogens is 2. The van der Waals surface area contributed by atoms with Crippen LogP contribution in [0.3, 0.4) is 0 Å². The number of anilines is 1. The molecule has 6 heteroatoms. The van der Waals surface area contributed by atoms with E-state index in [1.54, 1.807) is 6.20 Å². The number of ether oxygens (including phenoxy) is 1. The normalized spacial score (nSPS) is 18.6.